The molecule has 0 aliphatic heterocycles. The summed E-state index contributed by atoms with van der Waals surface area (Å²) in [5.74, 6) is -1.51. The van der Waals surface area contributed by atoms with Crippen molar-refractivity contribution in [1.82, 2.24) is 9.88 Å². The molecule has 7 nitrogen and oxygen atoms in total. The molecule has 8 heteroatoms. The molecule has 1 heterocycles. The molecule has 1 aliphatic carbocycles. The largest absolute Gasteiger partial charge is 0.478 e. The highest BCUT2D eigenvalue weighted by Crippen LogP contribution is 2.46. The van der Waals surface area contributed by atoms with Gasteiger partial charge in [0.2, 0.25) is 0 Å². The van der Waals surface area contributed by atoms with Gasteiger partial charge < -0.3 is 20.3 Å². The standard InChI is InChI=1S/C39H29FN4O3/c40-31-13-9-27(10-14-31)29-5-1-4-26(21-29)24-44-20-17-33-35(42-32-6-2-3-25(22-32)23-41)16-15-34(36(33)44)37(45)43-39(18-19-39)30-11-7-28(8-12-30)38(46)47/h1-17,20-22,42H,18-19,24H2,(H,43,45)(H,46,47). The molecule has 0 spiro atoms. The fourth-order valence-electron chi connectivity index (χ4n) is 6.09. The van der Waals surface area contributed by atoms with Gasteiger partial charge in [0, 0.05) is 29.5 Å². The Morgan fingerprint density at radius 1 is 0.872 bits per heavy atom. The maximum absolute atomic E-state index is 14.1. The molecule has 7 rings (SSSR count). The number of anilines is 2. The van der Waals surface area contributed by atoms with Crippen LogP contribution < -0.4 is 10.6 Å². The van der Waals surface area contributed by atoms with E-state index in [2.05, 4.69) is 22.8 Å². The van der Waals surface area contributed by atoms with Crippen molar-refractivity contribution >= 4 is 34.2 Å². The number of aromatic carboxylic acids is 1. The van der Waals surface area contributed by atoms with Crippen LogP contribution in [0.2, 0.25) is 0 Å². The number of nitriles is 1. The van der Waals surface area contributed by atoms with Crippen molar-refractivity contribution in [2.45, 2.75) is 24.9 Å². The van der Waals surface area contributed by atoms with E-state index in [0.29, 0.717) is 17.7 Å². The van der Waals surface area contributed by atoms with Gasteiger partial charge >= 0.3 is 5.97 Å². The maximum Gasteiger partial charge on any atom is 0.335 e. The molecule has 0 unspecified atom stereocenters. The van der Waals surface area contributed by atoms with Crippen LogP contribution in [-0.2, 0) is 12.1 Å². The summed E-state index contributed by atoms with van der Waals surface area (Å²) < 4.78 is 15.6. The van der Waals surface area contributed by atoms with Crippen LogP contribution in [0.15, 0.2) is 121 Å². The number of nitrogens with one attached hydrogen (secondary N) is 2. The molecule has 3 N–H and O–H groups in total. The topological polar surface area (TPSA) is 107 Å². The summed E-state index contributed by atoms with van der Waals surface area (Å²) in [5.41, 5.74) is 6.70. The SMILES string of the molecule is N#Cc1cccc(Nc2ccc(C(=O)NC3(c4ccc(C(=O)O)cc4)CC3)c3c2ccn3Cc2cccc(-c3ccc(F)cc3)c2)c1. The molecule has 230 valence electrons. The average molecular weight is 621 g/mol. The number of hydrogen-bond acceptors (Lipinski definition) is 4. The molecule has 0 atom stereocenters. The summed E-state index contributed by atoms with van der Waals surface area (Å²) in [6, 6.07) is 36.2. The van der Waals surface area contributed by atoms with Crippen LogP contribution >= 0.6 is 0 Å². The number of carboxylic acids is 1. The summed E-state index contributed by atoms with van der Waals surface area (Å²) in [7, 11) is 0. The Bertz CT molecular complexity index is 2190. The number of fused-ring (bicyclic) bond motifs is 1. The minimum absolute atomic E-state index is 0.197. The molecule has 5 aromatic carbocycles. The molecule has 6 aromatic rings. The predicted octanol–water partition coefficient (Wildman–Crippen LogP) is 8.23. The third-order valence-electron chi connectivity index (χ3n) is 8.69. The van der Waals surface area contributed by atoms with Crippen LogP contribution in [0.4, 0.5) is 15.8 Å². The lowest BCUT2D eigenvalue weighted by atomic mass is 10.0. The smallest absolute Gasteiger partial charge is 0.335 e. The normalized spacial score (nSPS) is 13.1. The Labute approximate surface area is 270 Å². The van der Waals surface area contributed by atoms with Gasteiger partial charge in [-0.25, -0.2) is 9.18 Å². The highest BCUT2D eigenvalue weighted by atomic mass is 19.1. The van der Waals surface area contributed by atoms with Gasteiger partial charge in [0.05, 0.1) is 33.8 Å². The Balaban J connectivity index is 1.26. The second-order valence-electron chi connectivity index (χ2n) is 11.8. The van der Waals surface area contributed by atoms with E-state index < -0.39 is 11.5 Å². The Morgan fingerprint density at radius 2 is 1.64 bits per heavy atom. The van der Waals surface area contributed by atoms with Crippen molar-refractivity contribution in [3.8, 4) is 17.2 Å². The summed E-state index contributed by atoms with van der Waals surface area (Å²) in [6.45, 7) is 0.480. The molecule has 47 heavy (non-hydrogen) atoms. The number of nitrogens with zero attached hydrogens (tertiary/aromatic N) is 2. The van der Waals surface area contributed by atoms with Gasteiger partial charge in [-0.2, -0.15) is 5.26 Å². The second kappa shape index (κ2) is 12.0. The van der Waals surface area contributed by atoms with Crippen LogP contribution in [0, 0.1) is 17.1 Å². The minimum atomic E-state index is -0.996. The Kier molecular flexibility index (Phi) is 7.50. The number of carbonyl (C=O) groups excluding carboxylic acids is 1. The highest BCUT2D eigenvalue weighted by Gasteiger charge is 2.46. The number of halogens is 1. The number of aromatic nitrogens is 1. The van der Waals surface area contributed by atoms with Gasteiger partial charge in [0.15, 0.2) is 0 Å². The van der Waals surface area contributed by atoms with E-state index >= 15 is 0 Å². The lowest BCUT2D eigenvalue weighted by Gasteiger charge is -2.20. The molecule has 1 aromatic heterocycles. The number of hydrogen-bond donors (Lipinski definition) is 3. The van der Waals surface area contributed by atoms with Crippen molar-refractivity contribution in [3.05, 3.63) is 155 Å². The zero-order chi connectivity index (χ0) is 32.5. The number of carbonyl (C=O) groups is 2. The Hall–Kier alpha value is -6.20. The van der Waals surface area contributed by atoms with E-state index in [4.69, 9.17) is 0 Å². The first-order valence-corrected chi connectivity index (χ1v) is 15.2. The van der Waals surface area contributed by atoms with Gasteiger partial charge in [0.25, 0.3) is 5.91 Å². The highest BCUT2D eigenvalue weighted by molar-refractivity contribution is 6.10. The molecule has 0 saturated heterocycles. The van der Waals surface area contributed by atoms with Crippen molar-refractivity contribution in [2.75, 3.05) is 5.32 Å². The van der Waals surface area contributed by atoms with Gasteiger partial charge in [-0.1, -0.05) is 48.5 Å². The van der Waals surface area contributed by atoms with E-state index in [1.165, 1.54) is 12.1 Å². The zero-order valence-electron chi connectivity index (χ0n) is 25.2. The van der Waals surface area contributed by atoms with E-state index in [0.717, 1.165) is 57.4 Å². The predicted molar refractivity (Wildman–Crippen MR) is 179 cm³/mol. The second-order valence-corrected chi connectivity index (χ2v) is 11.8. The van der Waals surface area contributed by atoms with Gasteiger partial charge in [0.1, 0.15) is 5.82 Å². The quantitative estimate of drug-likeness (QED) is 0.151. The number of benzene rings is 5. The first-order valence-electron chi connectivity index (χ1n) is 15.2. The maximum atomic E-state index is 14.1. The molecular weight excluding hydrogens is 591 g/mol. The molecule has 1 fully saturated rings. The van der Waals surface area contributed by atoms with E-state index in [1.807, 2.05) is 59.3 Å². The molecule has 1 saturated carbocycles. The summed E-state index contributed by atoms with van der Waals surface area (Å²) >= 11 is 0. The minimum Gasteiger partial charge on any atom is -0.478 e. The van der Waals surface area contributed by atoms with E-state index in [9.17, 15) is 24.3 Å². The Morgan fingerprint density at radius 3 is 2.36 bits per heavy atom. The zero-order valence-corrected chi connectivity index (χ0v) is 25.2. The third-order valence-corrected chi connectivity index (χ3v) is 8.69. The van der Waals surface area contributed by atoms with Crippen LogP contribution in [-0.4, -0.2) is 21.6 Å². The van der Waals surface area contributed by atoms with E-state index in [1.54, 1.807) is 48.5 Å². The van der Waals surface area contributed by atoms with E-state index in [-0.39, 0.29) is 17.3 Å². The van der Waals surface area contributed by atoms with Crippen molar-refractivity contribution in [1.29, 1.82) is 5.26 Å². The summed E-state index contributed by atoms with van der Waals surface area (Å²) in [5, 5.41) is 26.2. The lowest BCUT2D eigenvalue weighted by molar-refractivity contribution is 0.0696. The van der Waals surface area contributed by atoms with Crippen molar-refractivity contribution in [3.63, 3.8) is 0 Å². The van der Waals surface area contributed by atoms with Gasteiger partial charge in [-0.05, 0) is 102 Å². The van der Waals surface area contributed by atoms with Crippen LogP contribution in [0.3, 0.4) is 0 Å². The summed E-state index contributed by atoms with van der Waals surface area (Å²) in [6.07, 6.45) is 3.46. The van der Waals surface area contributed by atoms with Gasteiger partial charge in [-0.15, -0.1) is 0 Å². The molecule has 0 radical (unpaired) electrons. The summed E-state index contributed by atoms with van der Waals surface area (Å²) in [4.78, 5) is 25.5. The number of amides is 1. The van der Waals surface area contributed by atoms with Crippen molar-refractivity contribution < 1.29 is 19.1 Å². The van der Waals surface area contributed by atoms with Gasteiger partial charge in [-0.3, -0.25) is 4.79 Å². The molecule has 0 bridgehead atoms. The molecule has 1 aliphatic rings. The fraction of sp³-hybridized carbons (Fsp3) is 0.103. The lowest BCUT2D eigenvalue weighted by Crippen LogP contribution is -2.35. The number of rotatable bonds is 9. The first kappa shape index (κ1) is 29.5. The third kappa shape index (κ3) is 5.95. The van der Waals surface area contributed by atoms with Crippen LogP contribution in [0.5, 0.6) is 0 Å². The average Bonchev–Trinajstić information content (AvgIpc) is 3.76. The van der Waals surface area contributed by atoms with Crippen LogP contribution in [0.1, 0.15) is 50.2 Å². The molecular formula is C39H29FN4O3. The van der Waals surface area contributed by atoms with Crippen LogP contribution in [0.25, 0.3) is 22.0 Å². The molecule has 1 amide bonds. The fourth-order valence-corrected chi connectivity index (χ4v) is 6.09. The monoisotopic (exact) mass is 620 g/mol. The van der Waals surface area contributed by atoms with Crippen molar-refractivity contribution in [2.24, 2.45) is 0 Å². The number of carboxylic acid groups (broad SMARTS) is 1. The first-order chi connectivity index (χ1) is 22.8.